The van der Waals surface area contributed by atoms with Gasteiger partial charge in [0.25, 0.3) is 0 Å². The number of carbonyl (C=O) groups excluding carboxylic acids is 1. The van der Waals surface area contributed by atoms with Crippen LogP contribution in [0.4, 0.5) is 0 Å². The summed E-state index contributed by atoms with van der Waals surface area (Å²) in [5.74, 6) is 0. The molecule has 0 saturated heterocycles. The zero-order valence-electron chi connectivity index (χ0n) is 4.05. The van der Waals surface area contributed by atoms with Gasteiger partial charge in [0.2, 0.25) is 0 Å². The van der Waals surface area contributed by atoms with Crippen molar-refractivity contribution in [2.45, 2.75) is 6.42 Å². The molecule has 0 aromatic carbocycles. The van der Waals surface area contributed by atoms with E-state index in [1.807, 2.05) is 0 Å². The Morgan fingerprint density at radius 3 is 2.43 bits per heavy atom. The van der Waals surface area contributed by atoms with Crippen LogP contribution < -0.4 is 0 Å². The summed E-state index contributed by atoms with van der Waals surface area (Å²) < 4.78 is 0. The van der Waals surface area contributed by atoms with Gasteiger partial charge in [0.05, 0.1) is 0 Å². The minimum atomic E-state index is 0. The monoisotopic (exact) mass is 171 g/mol. The van der Waals surface area contributed by atoms with Gasteiger partial charge in [0, 0.05) is 32.7 Å². The third-order valence-corrected chi connectivity index (χ3v) is 0.353. The van der Waals surface area contributed by atoms with Crippen molar-refractivity contribution in [3.8, 4) is 0 Å². The molecule has 0 atom stereocenters. The number of hydrogen-bond acceptors (Lipinski definition) is 1. The molecule has 1 radical (unpaired) electrons. The first kappa shape index (κ1) is 10.5. The molecule has 0 aliphatic rings. The van der Waals surface area contributed by atoms with E-state index in [-0.39, 0.29) is 32.7 Å². The molecule has 0 rings (SSSR count). The van der Waals surface area contributed by atoms with Gasteiger partial charge in [-0.25, -0.2) is 6.42 Å². The molecule has 7 heavy (non-hydrogen) atoms. The summed E-state index contributed by atoms with van der Waals surface area (Å²) in [7, 11) is 0. The topological polar surface area (TPSA) is 17.1 Å². The van der Waals surface area contributed by atoms with Gasteiger partial charge in [-0.15, -0.1) is 0 Å². The van der Waals surface area contributed by atoms with Crippen LogP contribution in [-0.2, 0) is 37.5 Å². The van der Waals surface area contributed by atoms with E-state index < -0.39 is 0 Å². The number of hydrogen-bond donors (Lipinski definition) is 0. The summed E-state index contributed by atoms with van der Waals surface area (Å²) in [5.41, 5.74) is 0. The molecule has 0 saturated carbocycles. The van der Waals surface area contributed by atoms with E-state index in [4.69, 9.17) is 0 Å². The largest absolute Gasteiger partial charge is 0.419 e. The molecular formula is C5H6OY-2. The molecule has 0 spiro atoms. The van der Waals surface area contributed by atoms with Crippen LogP contribution in [0.25, 0.3) is 0 Å². The number of rotatable bonds is 2. The van der Waals surface area contributed by atoms with E-state index >= 15 is 0 Å². The molecule has 0 N–H and O–H groups in total. The second-order valence-corrected chi connectivity index (χ2v) is 0.809. The van der Waals surface area contributed by atoms with E-state index in [1.54, 1.807) is 12.4 Å². The van der Waals surface area contributed by atoms with Crippen molar-refractivity contribution in [2.75, 3.05) is 0 Å². The standard InChI is InChI=1S/C5H6O.Y/c1-2-3-4-5-6;/h3-4H,1-2H2;/q-2;/b4-3-;. The van der Waals surface area contributed by atoms with Gasteiger partial charge in [-0.3, -0.25) is 6.08 Å². The fourth-order valence-electron chi connectivity index (χ4n) is 0.131. The summed E-state index contributed by atoms with van der Waals surface area (Å²) >= 11 is 0. The van der Waals surface area contributed by atoms with Crippen molar-refractivity contribution in [1.29, 1.82) is 0 Å². The SMILES string of the molecule is [CH2-]C/C=C\[C-]=O.[Y]. The van der Waals surface area contributed by atoms with Gasteiger partial charge in [-0.2, -0.15) is 6.08 Å². The molecular weight excluding hydrogens is 165 g/mol. The van der Waals surface area contributed by atoms with Crippen molar-refractivity contribution >= 4 is 6.29 Å². The Morgan fingerprint density at radius 1 is 1.71 bits per heavy atom. The summed E-state index contributed by atoms with van der Waals surface area (Å²) in [6, 6.07) is 0. The molecule has 0 heterocycles. The molecule has 0 bridgehead atoms. The normalized spacial score (nSPS) is 8.14. The third-order valence-electron chi connectivity index (χ3n) is 0.353. The van der Waals surface area contributed by atoms with Crippen LogP contribution in [-0.4, -0.2) is 6.29 Å². The van der Waals surface area contributed by atoms with Crippen molar-refractivity contribution in [3.05, 3.63) is 19.1 Å². The second-order valence-electron chi connectivity index (χ2n) is 0.809. The minimum Gasteiger partial charge on any atom is -0.419 e. The Bertz CT molecular complexity index is 59.1. The van der Waals surface area contributed by atoms with Gasteiger partial charge in [0.15, 0.2) is 0 Å². The smallest absolute Gasteiger partial charge is 0 e. The molecule has 0 unspecified atom stereocenters. The zero-order chi connectivity index (χ0) is 4.83. The predicted molar refractivity (Wildman–Crippen MR) is 24.8 cm³/mol. The van der Waals surface area contributed by atoms with E-state index in [9.17, 15) is 4.79 Å². The van der Waals surface area contributed by atoms with Gasteiger partial charge < -0.3 is 11.7 Å². The Hall–Kier alpha value is 0.514. The first-order chi connectivity index (χ1) is 2.91. The maximum absolute atomic E-state index is 9.32. The Morgan fingerprint density at radius 2 is 2.29 bits per heavy atom. The fraction of sp³-hybridized carbons (Fsp3) is 0.200. The minimum absolute atomic E-state index is 0. The Kier molecular flexibility index (Phi) is 14.6. The van der Waals surface area contributed by atoms with Crippen LogP contribution in [0.2, 0.25) is 0 Å². The molecule has 0 aliphatic heterocycles. The Labute approximate surface area is 69.1 Å². The van der Waals surface area contributed by atoms with E-state index in [0.717, 1.165) is 0 Å². The van der Waals surface area contributed by atoms with Crippen molar-refractivity contribution < 1.29 is 37.5 Å². The van der Waals surface area contributed by atoms with Crippen LogP contribution in [0.5, 0.6) is 0 Å². The molecule has 0 fully saturated rings. The quantitative estimate of drug-likeness (QED) is 0.445. The second kappa shape index (κ2) is 9.72. The van der Waals surface area contributed by atoms with Crippen LogP contribution in [0.1, 0.15) is 6.42 Å². The molecule has 2 heteroatoms. The molecule has 37 valence electrons. The van der Waals surface area contributed by atoms with Crippen LogP contribution in [0.3, 0.4) is 0 Å². The third kappa shape index (κ3) is 10.7. The summed E-state index contributed by atoms with van der Waals surface area (Å²) in [5, 5.41) is 0. The average Bonchev–Trinajstić information content (AvgIpc) is 1.61. The van der Waals surface area contributed by atoms with Crippen LogP contribution >= 0.6 is 0 Å². The van der Waals surface area contributed by atoms with Crippen LogP contribution in [0.15, 0.2) is 12.2 Å². The summed E-state index contributed by atoms with van der Waals surface area (Å²) in [6.07, 6.45) is 5.22. The van der Waals surface area contributed by atoms with E-state index in [1.165, 1.54) is 6.08 Å². The molecule has 0 amide bonds. The van der Waals surface area contributed by atoms with Gasteiger partial charge in [-0.1, -0.05) is 0 Å². The van der Waals surface area contributed by atoms with Gasteiger partial charge in [0.1, 0.15) is 0 Å². The average molecular weight is 171 g/mol. The van der Waals surface area contributed by atoms with Crippen molar-refractivity contribution in [2.24, 2.45) is 0 Å². The first-order valence-corrected chi connectivity index (χ1v) is 1.73. The summed E-state index contributed by atoms with van der Waals surface area (Å²) in [6.45, 7) is 3.46. The zero-order valence-corrected chi connectivity index (χ0v) is 6.89. The molecule has 0 aliphatic carbocycles. The van der Waals surface area contributed by atoms with E-state index in [0.29, 0.717) is 6.42 Å². The van der Waals surface area contributed by atoms with Crippen LogP contribution in [0, 0.1) is 6.92 Å². The molecule has 1 nitrogen and oxygen atoms in total. The van der Waals surface area contributed by atoms with E-state index in [2.05, 4.69) is 6.92 Å². The maximum Gasteiger partial charge on any atom is 0 e. The first-order valence-electron chi connectivity index (χ1n) is 1.73. The summed E-state index contributed by atoms with van der Waals surface area (Å²) in [4.78, 5) is 9.32. The molecule has 0 aromatic rings. The maximum atomic E-state index is 9.32. The van der Waals surface area contributed by atoms with Crippen molar-refractivity contribution in [1.82, 2.24) is 0 Å². The predicted octanol–water partition coefficient (Wildman–Crippen LogP) is 0.874. The number of allylic oxidation sites excluding steroid dienone is 2. The fourth-order valence-corrected chi connectivity index (χ4v) is 0.131. The molecule has 0 aromatic heterocycles. The van der Waals surface area contributed by atoms with Gasteiger partial charge in [-0.05, 0) is 6.29 Å². The Balaban J connectivity index is 0. The van der Waals surface area contributed by atoms with Gasteiger partial charge >= 0.3 is 0 Å². The van der Waals surface area contributed by atoms with Crippen molar-refractivity contribution in [3.63, 3.8) is 0 Å².